The molecule has 0 spiro atoms. The van der Waals surface area contributed by atoms with Crippen LogP contribution in [0, 0.1) is 0 Å². The lowest BCUT2D eigenvalue weighted by Gasteiger charge is -1.99. The Balaban J connectivity index is 3.01. The highest BCUT2D eigenvalue weighted by Crippen LogP contribution is 1.78. The molecule has 0 heterocycles. The predicted octanol–water partition coefficient (Wildman–Crippen LogP) is -1.64. The molecule has 0 aliphatic rings. The summed E-state index contributed by atoms with van der Waals surface area (Å²) in [5.74, 6) is -1.86. The van der Waals surface area contributed by atoms with Gasteiger partial charge in [-0.25, -0.2) is 4.79 Å². The highest BCUT2D eigenvalue weighted by molar-refractivity contribution is 5.68. The fourth-order valence-corrected chi connectivity index (χ4v) is 0.442. The van der Waals surface area contributed by atoms with E-state index in [2.05, 4.69) is 9.47 Å². The second-order valence-corrected chi connectivity index (χ2v) is 1.92. The standard InChI is InChI=1S/C6H10O6/c7-5(8)3-11-1-2-12-4-6(9)10/h1-4H2,(H,7,8)(H,9,10)/p+1. The van der Waals surface area contributed by atoms with Gasteiger partial charge in [0.05, 0.1) is 13.2 Å². The summed E-state index contributed by atoms with van der Waals surface area (Å²) in [5, 5.41) is 14.5. The molecule has 6 nitrogen and oxygen atoms in total. The average Bonchev–Trinajstić information content (AvgIpc) is 1.95. The topological polar surface area (TPSA) is 95.7 Å². The van der Waals surface area contributed by atoms with Crippen molar-refractivity contribution in [3.63, 3.8) is 0 Å². The molecule has 70 valence electrons. The molecule has 0 amide bonds. The number of ether oxygens (including phenoxy) is 2. The SMILES string of the molecule is O=C(O)COCCOCC(=O)[OH2+]. The van der Waals surface area contributed by atoms with Crippen molar-refractivity contribution in [3.8, 4) is 0 Å². The Morgan fingerprint density at radius 2 is 1.67 bits per heavy atom. The first-order valence-electron chi connectivity index (χ1n) is 3.24. The van der Waals surface area contributed by atoms with Gasteiger partial charge in [0.15, 0.2) is 0 Å². The smallest absolute Gasteiger partial charge is 0.542 e. The lowest BCUT2D eigenvalue weighted by molar-refractivity contribution is -0.146. The van der Waals surface area contributed by atoms with E-state index in [0.29, 0.717) is 0 Å². The van der Waals surface area contributed by atoms with Crippen molar-refractivity contribution in [3.05, 3.63) is 0 Å². The number of carbonyl (C=O) groups is 2. The molecule has 0 saturated heterocycles. The van der Waals surface area contributed by atoms with Crippen LogP contribution in [0.5, 0.6) is 0 Å². The summed E-state index contributed by atoms with van der Waals surface area (Å²) in [5.41, 5.74) is 0. The van der Waals surface area contributed by atoms with Crippen LogP contribution >= 0.6 is 0 Å². The molecule has 0 rings (SSSR count). The van der Waals surface area contributed by atoms with Crippen LogP contribution in [-0.2, 0) is 19.1 Å². The second kappa shape index (κ2) is 6.56. The number of hydrogen-bond donors (Lipinski definition) is 1. The molecule has 12 heavy (non-hydrogen) atoms. The van der Waals surface area contributed by atoms with E-state index in [1.54, 1.807) is 0 Å². The maximum Gasteiger partial charge on any atom is 0.542 e. The largest absolute Gasteiger partial charge is 0.563 e. The third kappa shape index (κ3) is 8.86. The fraction of sp³-hybridized carbons (Fsp3) is 0.667. The third-order valence-electron chi connectivity index (χ3n) is 0.831. The van der Waals surface area contributed by atoms with Gasteiger partial charge in [-0.1, -0.05) is 0 Å². The van der Waals surface area contributed by atoms with Gasteiger partial charge in [0, 0.05) is 4.79 Å². The van der Waals surface area contributed by atoms with Gasteiger partial charge in [-0.05, 0) is 0 Å². The second-order valence-electron chi connectivity index (χ2n) is 1.92. The summed E-state index contributed by atoms with van der Waals surface area (Å²) >= 11 is 0. The van der Waals surface area contributed by atoms with Crippen molar-refractivity contribution in [2.24, 2.45) is 0 Å². The molecule has 0 aromatic heterocycles. The average molecular weight is 179 g/mol. The zero-order chi connectivity index (χ0) is 9.40. The number of carbonyl (C=O) groups excluding carboxylic acids is 1. The lowest BCUT2D eigenvalue weighted by Crippen LogP contribution is -2.14. The Kier molecular flexibility index (Phi) is 5.94. The molecule has 6 heteroatoms. The third-order valence-corrected chi connectivity index (χ3v) is 0.831. The number of rotatable bonds is 7. The van der Waals surface area contributed by atoms with Crippen LogP contribution in [0.15, 0.2) is 0 Å². The fourth-order valence-electron chi connectivity index (χ4n) is 0.442. The Hall–Kier alpha value is -1.14. The van der Waals surface area contributed by atoms with Gasteiger partial charge in [-0.15, -0.1) is 0 Å². The normalized spacial score (nSPS) is 9.67. The summed E-state index contributed by atoms with van der Waals surface area (Å²) in [6, 6.07) is 0. The van der Waals surface area contributed by atoms with E-state index in [4.69, 9.17) is 10.2 Å². The minimum Gasteiger partial charge on any atom is -0.563 e. The summed E-state index contributed by atoms with van der Waals surface area (Å²) < 4.78 is 9.20. The number of hydrogen-bond acceptors (Lipinski definition) is 4. The zero-order valence-corrected chi connectivity index (χ0v) is 6.41. The summed E-state index contributed by atoms with van der Waals surface area (Å²) in [4.78, 5) is 19.9. The Labute approximate surface area is 68.7 Å². The monoisotopic (exact) mass is 179 g/mol. The van der Waals surface area contributed by atoms with Crippen molar-refractivity contribution in [2.45, 2.75) is 0 Å². The maximum atomic E-state index is 9.99. The number of carboxylic acids is 1. The molecule has 0 bridgehead atoms. The van der Waals surface area contributed by atoms with E-state index in [1.807, 2.05) is 0 Å². The van der Waals surface area contributed by atoms with Crippen LogP contribution < -0.4 is 0 Å². The molecule has 0 aromatic carbocycles. The van der Waals surface area contributed by atoms with Crippen LogP contribution in [0.3, 0.4) is 0 Å². The summed E-state index contributed by atoms with van der Waals surface area (Å²) in [7, 11) is 0. The van der Waals surface area contributed by atoms with Crippen molar-refractivity contribution in [2.75, 3.05) is 26.4 Å². The first-order chi connectivity index (χ1) is 5.63. The molecule has 0 unspecified atom stereocenters. The van der Waals surface area contributed by atoms with E-state index in [-0.39, 0.29) is 26.4 Å². The van der Waals surface area contributed by atoms with Gasteiger partial charge in [0.1, 0.15) is 6.61 Å². The minimum atomic E-state index is -1.05. The number of aliphatic carboxylic acids is 1. The maximum absolute atomic E-state index is 9.99. The Bertz CT molecular complexity index is 136. The van der Waals surface area contributed by atoms with Crippen molar-refractivity contribution in [1.82, 2.24) is 0 Å². The van der Waals surface area contributed by atoms with Gasteiger partial charge in [0.2, 0.25) is 6.61 Å². The Morgan fingerprint density at radius 3 is 2.08 bits per heavy atom. The van der Waals surface area contributed by atoms with Crippen LogP contribution in [0.4, 0.5) is 0 Å². The molecule has 0 fully saturated rings. The van der Waals surface area contributed by atoms with E-state index >= 15 is 0 Å². The molecule has 0 saturated carbocycles. The molecule has 0 radical (unpaired) electrons. The highest BCUT2D eigenvalue weighted by Gasteiger charge is 2.04. The number of carboxylic acid groups (broad SMARTS) is 1. The molecular formula is C6H11O6+. The predicted molar refractivity (Wildman–Crippen MR) is 37.9 cm³/mol. The first kappa shape index (κ1) is 10.9. The summed E-state index contributed by atoms with van der Waals surface area (Å²) in [6.07, 6.45) is 0. The van der Waals surface area contributed by atoms with Gasteiger partial charge in [-0.3, -0.25) is 0 Å². The molecule has 3 N–H and O–H groups in total. The molecule has 0 aliphatic carbocycles. The zero-order valence-electron chi connectivity index (χ0n) is 6.41. The van der Waals surface area contributed by atoms with Gasteiger partial charge >= 0.3 is 11.9 Å². The molecule has 0 aromatic rings. The van der Waals surface area contributed by atoms with Crippen LogP contribution in [0.2, 0.25) is 0 Å². The Morgan fingerprint density at radius 1 is 1.17 bits per heavy atom. The molecule has 0 atom stereocenters. The van der Waals surface area contributed by atoms with Crippen molar-refractivity contribution in [1.29, 1.82) is 0 Å². The molecule has 0 aliphatic heterocycles. The van der Waals surface area contributed by atoms with Crippen LogP contribution in [0.25, 0.3) is 0 Å². The lowest BCUT2D eigenvalue weighted by atomic mass is 10.7. The van der Waals surface area contributed by atoms with E-state index in [0.717, 1.165) is 0 Å². The minimum absolute atomic E-state index is 0.111. The van der Waals surface area contributed by atoms with E-state index in [1.165, 1.54) is 0 Å². The highest BCUT2D eigenvalue weighted by atomic mass is 16.5. The quantitative estimate of drug-likeness (QED) is 0.373. The first-order valence-corrected chi connectivity index (χ1v) is 3.24. The van der Waals surface area contributed by atoms with Crippen molar-refractivity contribution >= 4 is 11.9 Å². The molecular weight excluding hydrogens is 168 g/mol. The van der Waals surface area contributed by atoms with Gasteiger partial charge in [0.25, 0.3) is 0 Å². The summed E-state index contributed by atoms with van der Waals surface area (Å²) in [6.45, 7) is -0.425. The van der Waals surface area contributed by atoms with Gasteiger partial charge < -0.3 is 19.7 Å². The van der Waals surface area contributed by atoms with E-state index in [9.17, 15) is 9.59 Å². The van der Waals surface area contributed by atoms with E-state index < -0.39 is 11.9 Å². The van der Waals surface area contributed by atoms with Crippen LogP contribution in [0.1, 0.15) is 0 Å². The van der Waals surface area contributed by atoms with Gasteiger partial charge in [-0.2, -0.15) is 0 Å². The van der Waals surface area contributed by atoms with Crippen molar-refractivity contribution < 1.29 is 29.3 Å². The van der Waals surface area contributed by atoms with Crippen LogP contribution in [-0.4, -0.2) is 48.6 Å².